The van der Waals surface area contributed by atoms with E-state index in [1.54, 1.807) is 30.4 Å². The van der Waals surface area contributed by atoms with Crippen molar-refractivity contribution in [3.05, 3.63) is 36.5 Å². The van der Waals surface area contributed by atoms with Gasteiger partial charge in [-0.25, -0.2) is 4.79 Å². The fraction of sp³-hybridized carbons (Fsp3) is 0.524. The Balaban J connectivity index is 4.86. The molecule has 0 radical (unpaired) electrons. The van der Waals surface area contributed by atoms with E-state index in [0.717, 1.165) is 11.8 Å². The van der Waals surface area contributed by atoms with Gasteiger partial charge in [-0.05, 0) is 25.7 Å². The number of rotatable bonds is 17. The Morgan fingerprint density at radius 2 is 1.55 bits per heavy atom. The summed E-state index contributed by atoms with van der Waals surface area (Å²) in [6.07, 6.45) is 11.3. The van der Waals surface area contributed by atoms with Crippen LogP contribution in [0.5, 0.6) is 0 Å². The molecule has 0 unspecified atom stereocenters. The molecule has 0 spiro atoms. The molecule has 0 aromatic rings. The number of unbranched alkanes of at least 4 members (excludes halogenated alkanes) is 1. The number of carbonyl (C=O) groups excluding carboxylic acids is 1. The molecule has 10 heteroatoms. The number of hydrogen-bond acceptors (Lipinski definition) is 6. The molecule has 3 atom stereocenters. The Kier molecular flexibility index (Phi) is 15.7. The summed E-state index contributed by atoms with van der Waals surface area (Å²) in [5.41, 5.74) is 0. The van der Waals surface area contributed by atoms with Gasteiger partial charge in [-0.15, -0.1) is 11.8 Å². The summed E-state index contributed by atoms with van der Waals surface area (Å²) in [5, 5.41) is 38.8. The van der Waals surface area contributed by atoms with Gasteiger partial charge in [0.1, 0.15) is 6.04 Å². The van der Waals surface area contributed by atoms with Crippen molar-refractivity contribution in [1.82, 2.24) is 5.32 Å². The predicted octanol–water partition coefficient (Wildman–Crippen LogP) is 2.22. The molecule has 0 heterocycles. The maximum atomic E-state index is 11.3. The zero-order valence-electron chi connectivity index (χ0n) is 17.5. The number of aliphatic hydroxyl groups is 1. The van der Waals surface area contributed by atoms with Crippen LogP contribution in [0.3, 0.4) is 0 Å². The lowest BCUT2D eigenvalue weighted by Crippen LogP contribution is -2.42. The van der Waals surface area contributed by atoms with Crippen molar-refractivity contribution in [1.29, 1.82) is 0 Å². The van der Waals surface area contributed by atoms with E-state index in [1.807, 2.05) is 6.08 Å². The van der Waals surface area contributed by atoms with Crippen LogP contribution in [-0.2, 0) is 19.2 Å². The van der Waals surface area contributed by atoms with Crippen LogP contribution >= 0.6 is 11.8 Å². The Hall–Kier alpha value is -2.59. The number of carboxylic acid groups (broad SMARTS) is 3. The first-order valence-electron chi connectivity index (χ1n) is 9.86. The molecule has 5 N–H and O–H groups in total. The Bertz CT molecular complexity index is 674. The molecule has 0 aliphatic carbocycles. The molecule has 9 nitrogen and oxygen atoms in total. The molecule has 0 saturated carbocycles. The predicted molar refractivity (Wildman–Crippen MR) is 118 cm³/mol. The van der Waals surface area contributed by atoms with Crippen LogP contribution in [0.1, 0.15) is 45.4 Å². The molecule has 1 amide bonds. The Morgan fingerprint density at radius 1 is 0.935 bits per heavy atom. The van der Waals surface area contributed by atoms with E-state index in [4.69, 9.17) is 10.2 Å². The first-order chi connectivity index (χ1) is 14.6. The van der Waals surface area contributed by atoms with Crippen LogP contribution in [0.25, 0.3) is 0 Å². The second kappa shape index (κ2) is 17.1. The summed E-state index contributed by atoms with van der Waals surface area (Å²) < 4.78 is 0. The molecular weight excluding hydrogens is 426 g/mol. The molecule has 0 aromatic heterocycles. The standard InChI is InChI=1S/C21H31NO8S/c1-15(23)22-16(21(29)30)14-31-18(17(24)10-9-13-20(27)28)11-7-5-3-2-4-6-8-12-19(25)26/h2-5,7,11,16-18,24H,6,8-10,12-14H2,1H3,(H,22,23)(H,25,26)(H,27,28)(H,29,30)/b4-2-,5-3+,11-7+/t16-,17-,18+/m0/s1. The van der Waals surface area contributed by atoms with Crippen molar-refractivity contribution in [3.63, 3.8) is 0 Å². The van der Waals surface area contributed by atoms with Crippen molar-refractivity contribution in [3.8, 4) is 0 Å². The second-order valence-electron chi connectivity index (χ2n) is 6.73. The lowest BCUT2D eigenvalue weighted by atomic mass is 10.1. The lowest BCUT2D eigenvalue weighted by molar-refractivity contribution is -0.141. The van der Waals surface area contributed by atoms with E-state index >= 15 is 0 Å². The largest absolute Gasteiger partial charge is 0.481 e. The number of amides is 1. The molecule has 0 saturated heterocycles. The first-order valence-corrected chi connectivity index (χ1v) is 10.9. The maximum Gasteiger partial charge on any atom is 0.327 e. The zero-order chi connectivity index (χ0) is 23.6. The van der Waals surface area contributed by atoms with Crippen LogP contribution in [0, 0.1) is 0 Å². The van der Waals surface area contributed by atoms with E-state index in [2.05, 4.69) is 5.32 Å². The van der Waals surface area contributed by atoms with Gasteiger partial charge < -0.3 is 25.7 Å². The minimum Gasteiger partial charge on any atom is -0.481 e. The van der Waals surface area contributed by atoms with Crippen LogP contribution in [0.2, 0.25) is 0 Å². The van der Waals surface area contributed by atoms with Gasteiger partial charge >= 0.3 is 17.9 Å². The highest BCUT2D eigenvalue weighted by Crippen LogP contribution is 2.21. The number of nitrogens with one attached hydrogen (secondary N) is 1. The number of carboxylic acids is 3. The number of aliphatic hydroxyl groups excluding tert-OH is 1. The highest BCUT2D eigenvalue weighted by molar-refractivity contribution is 8.00. The first kappa shape index (κ1) is 28.4. The van der Waals surface area contributed by atoms with Gasteiger partial charge in [-0.3, -0.25) is 14.4 Å². The van der Waals surface area contributed by atoms with Gasteiger partial charge in [-0.2, -0.15) is 0 Å². The van der Waals surface area contributed by atoms with Gasteiger partial charge in [0.25, 0.3) is 0 Å². The number of thioether (sulfide) groups is 1. The van der Waals surface area contributed by atoms with Crippen molar-refractivity contribution in [2.75, 3.05) is 5.75 Å². The summed E-state index contributed by atoms with van der Waals surface area (Å²) in [5.74, 6) is -3.41. The van der Waals surface area contributed by atoms with Crippen LogP contribution in [-0.4, -0.2) is 67.4 Å². The zero-order valence-corrected chi connectivity index (χ0v) is 18.3. The highest BCUT2D eigenvalue weighted by Gasteiger charge is 2.23. The minimum absolute atomic E-state index is 0.0348. The normalized spacial score (nSPS) is 14.6. The number of hydrogen-bond donors (Lipinski definition) is 5. The van der Waals surface area contributed by atoms with E-state index in [0.29, 0.717) is 12.8 Å². The van der Waals surface area contributed by atoms with Crippen LogP contribution < -0.4 is 5.32 Å². The summed E-state index contributed by atoms with van der Waals surface area (Å²) in [7, 11) is 0. The Labute approximate surface area is 185 Å². The molecule has 0 aromatic carbocycles. The third kappa shape index (κ3) is 16.8. The highest BCUT2D eigenvalue weighted by atomic mass is 32.2. The minimum atomic E-state index is -1.18. The second-order valence-corrected chi connectivity index (χ2v) is 7.94. The molecule has 31 heavy (non-hydrogen) atoms. The summed E-state index contributed by atoms with van der Waals surface area (Å²) >= 11 is 1.16. The van der Waals surface area contributed by atoms with Crippen molar-refractivity contribution in [2.24, 2.45) is 0 Å². The van der Waals surface area contributed by atoms with Gasteiger partial charge in [0.2, 0.25) is 5.91 Å². The van der Waals surface area contributed by atoms with Gasteiger partial charge in [-0.1, -0.05) is 36.5 Å². The van der Waals surface area contributed by atoms with E-state index in [1.165, 1.54) is 6.92 Å². The van der Waals surface area contributed by atoms with Crippen molar-refractivity contribution >= 4 is 35.6 Å². The molecule has 0 aliphatic rings. The van der Waals surface area contributed by atoms with Gasteiger partial charge in [0.05, 0.1) is 6.10 Å². The number of allylic oxidation sites excluding steroid dienone is 5. The molecule has 174 valence electrons. The molecular formula is C21H31NO8S. The monoisotopic (exact) mass is 457 g/mol. The van der Waals surface area contributed by atoms with Crippen LogP contribution in [0.4, 0.5) is 0 Å². The third-order valence-corrected chi connectivity index (χ3v) is 5.31. The van der Waals surface area contributed by atoms with Crippen molar-refractivity contribution < 1.29 is 39.6 Å². The summed E-state index contributed by atoms with van der Waals surface area (Å²) in [4.78, 5) is 43.5. The smallest absolute Gasteiger partial charge is 0.327 e. The lowest BCUT2D eigenvalue weighted by Gasteiger charge is -2.21. The molecule has 0 fully saturated rings. The average Bonchev–Trinajstić information content (AvgIpc) is 2.66. The fourth-order valence-electron chi connectivity index (χ4n) is 2.40. The molecule has 0 aliphatic heterocycles. The Morgan fingerprint density at radius 3 is 2.13 bits per heavy atom. The summed E-state index contributed by atoms with van der Waals surface area (Å²) in [6.45, 7) is 1.22. The number of aliphatic carboxylic acids is 3. The SMILES string of the molecule is CC(=O)N[C@@H](CS[C@H](/C=C/C=C/C=C\CCCC(=O)O)[C@@H](O)CCCC(=O)O)C(=O)O. The van der Waals surface area contributed by atoms with E-state index in [9.17, 15) is 29.4 Å². The average molecular weight is 458 g/mol. The van der Waals surface area contributed by atoms with Gasteiger partial charge in [0.15, 0.2) is 0 Å². The van der Waals surface area contributed by atoms with E-state index in [-0.39, 0.29) is 31.4 Å². The number of carbonyl (C=O) groups is 4. The maximum absolute atomic E-state index is 11.3. The summed E-state index contributed by atoms with van der Waals surface area (Å²) in [6, 6.07) is -1.10. The fourth-order valence-corrected chi connectivity index (χ4v) is 3.60. The molecule has 0 bridgehead atoms. The topological polar surface area (TPSA) is 161 Å². The van der Waals surface area contributed by atoms with E-state index < -0.39 is 41.2 Å². The third-order valence-electron chi connectivity index (χ3n) is 3.93. The molecule has 0 rings (SSSR count). The van der Waals surface area contributed by atoms with Gasteiger partial charge in [0, 0.05) is 30.8 Å². The van der Waals surface area contributed by atoms with Crippen molar-refractivity contribution in [2.45, 2.75) is 62.8 Å². The van der Waals surface area contributed by atoms with Crippen LogP contribution in [0.15, 0.2) is 36.5 Å². The quantitative estimate of drug-likeness (QED) is 0.163.